The van der Waals surface area contributed by atoms with Crippen LogP contribution in [0.2, 0.25) is 3.43 Å². The standard InChI is InChI=1S/C19H33.C4H7BNO5.Sn/c1-4-10-16(11-5-1)19(17-12-6-2-7-13-17)18-14-8-3-9-15-18;1-4(6(8)9)2-10-5(7)11-3-4;/h16-18H,1-15H2;2-3H2,1H3;/q;-1;+1. The van der Waals surface area contributed by atoms with Crippen molar-refractivity contribution >= 4 is 28.9 Å². The summed E-state index contributed by atoms with van der Waals surface area (Å²) in [6.45, 7) is 1.75. The molecule has 174 valence electrons. The van der Waals surface area contributed by atoms with Gasteiger partial charge in [0, 0.05) is 0 Å². The van der Waals surface area contributed by atoms with E-state index in [9.17, 15) is 10.1 Å². The molecule has 4 fully saturated rings. The SMILES string of the molecule is CC1([N+](=O)[O-])COB([O][Sn][C](C2CCCCC2)(C2CCCCC2)C2CCCCC2)OC1. The molecule has 0 aromatic rings. The van der Waals surface area contributed by atoms with Crippen LogP contribution in [0, 0.1) is 27.9 Å². The first-order valence-electron chi connectivity index (χ1n) is 12.8. The molecule has 0 unspecified atom stereocenters. The first-order valence-corrected chi connectivity index (χ1v) is 15.4. The average molecular weight is 540 g/mol. The van der Waals surface area contributed by atoms with Crippen molar-refractivity contribution in [1.82, 2.24) is 0 Å². The molecule has 0 amide bonds. The molecule has 0 atom stereocenters. The first-order chi connectivity index (χ1) is 15.0. The average Bonchev–Trinajstić information content (AvgIpc) is 2.83. The monoisotopic (exact) mass is 541 g/mol. The normalized spacial score (nSPS) is 27.3. The predicted octanol–water partition coefficient (Wildman–Crippen LogP) is 5.59. The molecule has 4 aliphatic rings. The van der Waals surface area contributed by atoms with Crippen LogP contribution in [0.25, 0.3) is 0 Å². The Kier molecular flexibility index (Phi) is 8.65. The Morgan fingerprint density at radius 1 is 0.839 bits per heavy atom. The van der Waals surface area contributed by atoms with Crippen LogP contribution >= 0.6 is 0 Å². The zero-order chi connectivity index (χ0) is 21.7. The molecule has 0 aromatic carbocycles. The van der Waals surface area contributed by atoms with Gasteiger partial charge in [0.1, 0.15) is 0 Å². The fraction of sp³-hybridized carbons (Fsp3) is 1.00. The van der Waals surface area contributed by atoms with E-state index in [4.69, 9.17) is 12.3 Å². The van der Waals surface area contributed by atoms with Gasteiger partial charge in [0.25, 0.3) is 0 Å². The maximum absolute atomic E-state index is 11.3. The Hall–Kier alpha value is 0.144. The third kappa shape index (κ3) is 5.46. The van der Waals surface area contributed by atoms with Gasteiger partial charge in [-0.2, -0.15) is 0 Å². The molecule has 31 heavy (non-hydrogen) atoms. The fourth-order valence-electron chi connectivity index (χ4n) is 6.90. The summed E-state index contributed by atoms with van der Waals surface area (Å²) in [6.07, 6.45) is 20.7. The topological polar surface area (TPSA) is 70.8 Å². The summed E-state index contributed by atoms with van der Waals surface area (Å²) in [7, 11) is -0.685. The van der Waals surface area contributed by atoms with Crippen LogP contribution in [-0.2, 0) is 12.3 Å². The van der Waals surface area contributed by atoms with Gasteiger partial charge in [-0.05, 0) is 0 Å². The Labute approximate surface area is 199 Å². The third-order valence-electron chi connectivity index (χ3n) is 8.68. The predicted molar refractivity (Wildman–Crippen MR) is 122 cm³/mol. The van der Waals surface area contributed by atoms with Crippen molar-refractivity contribution in [3.63, 3.8) is 0 Å². The van der Waals surface area contributed by atoms with E-state index in [1.54, 1.807) is 6.92 Å². The zero-order valence-corrected chi connectivity index (χ0v) is 22.2. The number of nitro groups is 1. The number of hydrogen-bond donors (Lipinski definition) is 0. The summed E-state index contributed by atoms with van der Waals surface area (Å²) in [5.74, 6) is 2.44. The molecule has 1 aliphatic heterocycles. The van der Waals surface area contributed by atoms with Crippen LogP contribution in [0.5, 0.6) is 0 Å². The van der Waals surface area contributed by atoms with Crippen LogP contribution in [0.4, 0.5) is 0 Å². The fourth-order valence-corrected chi connectivity index (χ4v) is 12.0. The molecule has 2 radical (unpaired) electrons. The van der Waals surface area contributed by atoms with Crippen molar-refractivity contribution in [2.45, 2.75) is 112 Å². The van der Waals surface area contributed by atoms with E-state index in [1.807, 2.05) is 0 Å². The Morgan fingerprint density at radius 3 is 1.58 bits per heavy atom. The quantitative estimate of drug-likeness (QED) is 0.240. The summed E-state index contributed by atoms with van der Waals surface area (Å²) >= 11 is -1.30. The maximum atomic E-state index is 11.3. The Balaban J connectivity index is 1.52. The van der Waals surface area contributed by atoms with Gasteiger partial charge in [-0.1, -0.05) is 0 Å². The Bertz CT molecular complexity index is 537. The third-order valence-corrected chi connectivity index (χ3v) is 14.1. The molecule has 4 rings (SSSR count). The van der Waals surface area contributed by atoms with Gasteiger partial charge < -0.3 is 0 Å². The molecule has 3 aliphatic carbocycles. The van der Waals surface area contributed by atoms with Crippen LogP contribution < -0.4 is 0 Å². The van der Waals surface area contributed by atoms with Crippen LogP contribution in [-0.4, -0.2) is 52.6 Å². The van der Waals surface area contributed by atoms with Gasteiger partial charge in [-0.15, -0.1) is 0 Å². The van der Waals surface area contributed by atoms with E-state index < -0.39 is 34.4 Å². The van der Waals surface area contributed by atoms with Crippen molar-refractivity contribution in [3.8, 4) is 0 Å². The van der Waals surface area contributed by atoms with E-state index in [0.717, 1.165) is 17.8 Å². The van der Waals surface area contributed by atoms with E-state index in [2.05, 4.69) is 0 Å². The van der Waals surface area contributed by atoms with Crippen molar-refractivity contribution in [2.24, 2.45) is 17.8 Å². The van der Waals surface area contributed by atoms with Crippen LogP contribution in [0.1, 0.15) is 103 Å². The second-order valence-corrected chi connectivity index (χ2v) is 14.5. The van der Waals surface area contributed by atoms with Crippen LogP contribution in [0.15, 0.2) is 0 Å². The molecule has 1 heterocycles. The zero-order valence-electron chi connectivity index (χ0n) is 19.3. The second-order valence-electron chi connectivity index (χ2n) is 10.8. The van der Waals surface area contributed by atoms with Crippen LogP contribution in [0.3, 0.4) is 0 Å². The molecule has 1 saturated heterocycles. The number of hydrogen-bond acceptors (Lipinski definition) is 5. The molecular formula is C23H40BNO5Sn. The van der Waals surface area contributed by atoms with E-state index in [0.29, 0.717) is 3.43 Å². The van der Waals surface area contributed by atoms with Crippen molar-refractivity contribution in [3.05, 3.63) is 10.1 Å². The summed E-state index contributed by atoms with van der Waals surface area (Å²) in [5, 5.41) is 11.3. The molecule has 0 aromatic heterocycles. The molecule has 0 spiro atoms. The van der Waals surface area contributed by atoms with Gasteiger partial charge in [-0.3, -0.25) is 0 Å². The van der Waals surface area contributed by atoms with Gasteiger partial charge in [-0.25, -0.2) is 0 Å². The molecule has 0 bridgehead atoms. The van der Waals surface area contributed by atoms with Crippen molar-refractivity contribution in [2.75, 3.05) is 13.2 Å². The molecule has 3 saturated carbocycles. The molecule has 8 heteroatoms. The molecule has 0 N–H and O–H groups in total. The minimum atomic E-state index is -1.30. The minimum absolute atomic E-state index is 0.0768. The summed E-state index contributed by atoms with van der Waals surface area (Å²) in [6, 6.07) is 0. The first kappa shape index (κ1) is 24.3. The molecular weight excluding hydrogens is 500 g/mol. The van der Waals surface area contributed by atoms with E-state index >= 15 is 0 Å². The van der Waals surface area contributed by atoms with Crippen molar-refractivity contribution in [1.29, 1.82) is 0 Å². The van der Waals surface area contributed by atoms with E-state index in [-0.39, 0.29) is 18.1 Å². The van der Waals surface area contributed by atoms with E-state index in [1.165, 1.54) is 96.3 Å². The summed E-state index contributed by atoms with van der Waals surface area (Å²) in [5.41, 5.74) is -1.15. The summed E-state index contributed by atoms with van der Waals surface area (Å²) in [4.78, 5) is 11.1. The van der Waals surface area contributed by atoms with Gasteiger partial charge >= 0.3 is 199 Å². The summed E-state index contributed by atoms with van der Waals surface area (Å²) < 4.78 is 18.5. The number of nitrogens with zero attached hydrogens (tertiary/aromatic N) is 1. The second kappa shape index (κ2) is 11.0. The molecule has 6 nitrogen and oxygen atoms in total. The van der Waals surface area contributed by atoms with Gasteiger partial charge in [0.05, 0.1) is 0 Å². The van der Waals surface area contributed by atoms with Gasteiger partial charge in [0.2, 0.25) is 0 Å². The van der Waals surface area contributed by atoms with Gasteiger partial charge in [0.15, 0.2) is 0 Å². The van der Waals surface area contributed by atoms with Crippen molar-refractivity contribution < 1.29 is 17.2 Å². The number of rotatable bonds is 7. The Morgan fingerprint density at radius 2 is 1.23 bits per heavy atom.